The molecule has 1 unspecified atom stereocenters. The Kier molecular flexibility index (Phi) is 7.18. The Hall–Kier alpha value is -0.780. The molecule has 0 saturated heterocycles. The molecular weight excluding hydrogens is 335 g/mol. The second-order valence-corrected chi connectivity index (χ2v) is 8.72. The third-order valence-electron chi connectivity index (χ3n) is 3.35. The van der Waals surface area contributed by atoms with Gasteiger partial charge >= 0.3 is 7.60 Å². The van der Waals surface area contributed by atoms with E-state index >= 15 is 0 Å². The Balaban J connectivity index is 1.87. The molecule has 7 heteroatoms. The first-order chi connectivity index (χ1) is 11.1. The van der Waals surface area contributed by atoms with Gasteiger partial charge in [0.05, 0.1) is 35.4 Å². The lowest BCUT2D eigenvalue weighted by atomic mass is 10.3. The van der Waals surface area contributed by atoms with Crippen molar-refractivity contribution in [1.82, 2.24) is 0 Å². The topological polar surface area (TPSA) is 61.8 Å². The quantitative estimate of drug-likeness (QED) is 0.497. The highest BCUT2D eigenvalue weighted by Gasteiger charge is 2.29. The van der Waals surface area contributed by atoms with Crippen LogP contribution in [0.15, 0.2) is 47.4 Å². The van der Waals surface area contributed by atoms with Gasteiger partial charge in [-0.3, -0.25) is 8.77 Å². The minimum atomic E-state index is -3.21. The van der Waals surface area contributed by atoms with Gasteiger partial charge in [0.1, 0.15) is 6.35 Å². The second-order valence-electron chi connectivity index (χ2n) is 5.05. The van der Waals surface area contributed by atoms with Gasteiger partial charge in [-0.15, -0.1) is 0 Å². The fourth-order valence-corrected chi connectivity index (χ4v) is 5.10. The van der Waals surface area contributed by atoms with Crippen molar-refractivity contribution in [2.24, 2.45) is 0 Å². The monoisotopic (exact) mass is 358 g/mol. The van der Waals surface area contributed by atoms with Crippen LogP contribution in [0, 0.1) is 0 Å². The van der Waals surface area contributed by atoms with E-state index in [2.05, 4.69) is 0 Å². The van der Waals surface area contributed by atoms with Crippen LogP contribution in [0.4, 0.5) is 0 Å². The van der Waals surface area contributed by atoms with Crippen LogP contribution in [0.1, 0.15) is 20.3 Å². The lowest BCUT2D eigenvalue weighted by Gasteiger charge is -2.19. The third kappa shape index (κ3) is 5.37. The summed E-state index contributed by atoms with van der Waals surface area (Å²) in [5, 5.41) is -0.0963. The maximum absolute atomic E-state index is 12.5. The Labute approximate surface area is 140 Å². The Morgan fingerprint density at radius 3 is 2.39 bits per heavy atom. The summed E-state index contributed by atoms with van der Waals surface area (Å²) >= 11 is 0. The van der Waals surface area contributed by atoms with E-state index in [0.717, 1.165) is 4.90 Å². The smallest absolute Gasteiger partial charge is 0.356 e. The van der Waals surface area contributed by atoms with Crippen molar-refractivity contribution >= 4 is 18.4 Å². The number of hydrogen-bond acceptors (Lipinski definition) is 5. The first-order valence-corrected chi connectivity index (χ1v) is 10.7. The standard InChI is InChI=1S/C16H23O5PS/c1-3-20-22(17,21-4-2)13-19-14-10-11-16(12-14)23(18)15-8-6-5-7-9-15/h5-11,14,16H,3-4,12-13H2,1-2H3/t14-,16-,23?/m1/s1. The van der Waals surface area contributed by atoms with E-state index in [0.29, 0.717) is 19.6 Å². The Morgan fingerprint density at radius 2 is 1.78 bits per heavy atom. The maximum Gasteiger partial charge on any atom is 0.356 e. The SMILES string of the molecule is CCOP(=O)(CO[C@@H]1C=C[C@@H](S(=O)c2ccccc2)C1)OCC. The molecule has 0 amide bonds. The molecule has 0 radical (unpaired) electrons. The second kappa shape index (κ2) is 8.90. The molecule has 0 heterocycles. The van der Waals surface area contributed by atoms with Gasteiger partial charge in [-0.2, -0.15) is 0 Å². The number of benzene rings is 1. The minimum Gasteiger partial charge on any atom is -0.361 e. The van der Waals surface area contributed by atoms with E-state index in [1.165, 1.54) is 0 Å². The molecule has 0 N–H and O–H groups in total. The predicted molar refractivity (Wildman–Crippen MR) is 91.0 cm³/mol. The van der Waals surface area contributed by atoms with Gasteiger partial charge in [-0.1, -0.05) is 30.4 Å². The van der Waals surface area contributed by atoms with Crippen molar-refractivity contribution in [3.8, 4) is 0 Å². The van der Waals surface area contributed by atoms with Crippen LogP contribution in [0.5, 0.6) is 0 Å². The molecule has 128 valence electrons. The molecule has 0 aromatic heterocycles. The van der Waals surface area contributed by atoms with Crippen LogP contribution in [0.3, 0.4) is 0 Å². The molecule has 2 rings (SSSR count). The summed E-state index contributed by atoms with van der Waals surface area (Å²) in [4.78, 5) is 0.803. The lowest BCUT2D eigenvalue weighted by molar-refractivity contribution is 0.0948. The van der Waals surface area contributed by atoms with Crippen molar-refractivity contribution in [3.05, 3.63) is 42.5 Å². The fraction of sp³-hybridized carbons (Fsp3) is 0.500. The van der Waals surface area contributed by atoms with Crippen molar-refractivity contribution < 1.29 is 22.6 Å². The summed E-state index contributed by atoms with van der Waals surface area (Å²) in [7, 11) is -4.31. The van der Waals surface area contributed by atoms with Gasteiger partial charge < -0.3 is 13.8 Å². The number of hydrogen-bond donors (Lipinski definition) is 0. The lowest BCUT2D eigenvalue weighted by Crippen LogP contribution is -2.17. The first kappa shape index (κ1) is 18.6. The molecule has 0 aliphatic heterocycles. The summed E-state index contributed by atoms with van der Waals surface area (Å²) < 4.78 is 40.9. The van der Waals surface area contributed by atoms with E-state index < -0.39 is 18.4 Å². The van der Waals surface area contributed by atoms with Crippen LogP contribution >= 0.6 is 7.60 Å². The van der Waals surface area contributed by atoms with E-state index in [-0.39, 0.29) is 17.7 Å². The summed E-state index contributed by atoms with van der Waals surface area (Å²) in [5.74, 6) is 0. The predicted octanol–water partition coefficient (Wildman–Crippen LogP) is 3.73. The molecule has 5 nitrogen and oxygen atoms in total. The molecule has 1 aromatic carbocycles. The van der Waals surface area contributed by atoms with E-state index in [4.69, 9.17) is 13.8 Å². The molecule has 23 heavy (non-hydrogen) atoms. The van der Waals surface area contributed by atoms with E-state index in [1.54, 1.807) is 13.8 Å². The average molecular weight is 358 g/mol. The molecule has 0 fully saturated rings. The van der Waals surface area contributed by atoms with Gasteiger partial charge in [0.15, 0.2) is 0 Å². The molecule has 1 aliphatic rings. The van der Waals surface area contributed by atoms with Crippen molar-refractivity contribution in [3.63, 3.8) is 0 Å². The molecule has 0 saturated carbocycles. The average Bonchev–Trinajstić information content (AvgIpc) is 3.03. The Morgan fingerprint density at radius 1 is 1.13 bits per heavy atom. The van der Waals surface area contributed by atoms with Crippen molar-refractivity contribution in [2.45, 2.75) is 36.5 Å². The fourth-order valence-electron chi connectivity index (χ4n) is 2.34. The van der Waals surface area contributed by atoms with Crippen LogP contribution in [-0.4, -0.2) is 35.1 Å². The van der Waals surface area contributed by atoms with E-state index in [1.807, 2.05) is 42.5 Å². The highest BCUT2D eigenvalue weighted by molar-refractivity contribution is 7.85. The zero-order valence-electron chi connectivity index (χ0n) is 13.4. The van der Waals surface area contributed by atoms with Crippen LogP contribution in [0.2, 0.25) is 0 Å². The van der Waals surface area contributed by atoms with Gasteiger partial charge in [-0.25, -0.2) is 0 Å². The third-order valence-corrected chi connectivity index (χ3v) is 6.76. The largest absolute Gasteiger partial charge is 0.361 e. The summed E-state index contributed by atoms with van der Waals surface area (Å²) in [6.45, 7) is 4.14. The van der Waals surface area contributed by atoms with E-state index in [9.17, 15) is 8.77 Å². The van der Waals surface area contributed by atoms with Gasteiger partial charge in [0.2, 0.25) is 0 Å². The number of ether oxygens (including phenoxy) is 1. The molecule has 1 aromatic rings. The highest BCUT2D eigenvalue weighted by atomic mass is 32.2. The number of rotatable bonds is 9. The Bertz CT molecular complexity index is 579. The maximum atomic E-state index is 12.5. The van der Waals surface area contributed by atoms with Gasteiger partial charge in [0, 0.05) is 4.90 Å². The molecule has 0 bridgehead atoms. The van der Waals surface area contributed by atoms with Gasteiger partial charge in [-0.05, 0) is 32.4 Å². The highest BCUT2D eigenvalue weighted by Crippen LogP contribution is 2.48. The van der Waals surface area contributed by atoms with Crippen molar-refractivity contribution in [1.29, 1.82) is 0 Å². The first-order valence-electron chi connectivity index (χ1n) is 7.71. The summed E-state index contributed by atoms with van der Waals surface area (Å²) in [6.07, 6.45) is 4.06. The summed E-state index contributed by atoms with van der Waals surface area (Å²) in [6, 6.07) is 9.36. The van der Waals surface area contributed by atoms with Gasteiger partial charge in [0.25, 0.3) is 0 Å². The normalized spacial score (nSPS) is 22.3. The molecule has 1 aliphatic carbocycles. The molecule has 3 atom stereocenters. The molecular formula is C16H23O5PS. The zero-order chi connectivity index (χ0) is 16.7. The van der Waals surface area contributed by atoms with Crippen molar-refractivity contribution in [2.75, 3.05) is 19.6 Å². The molecule has 0 spiro atoms. The minimum absolute atomic E-state index is 0.0889. The summed E-state index contributed by atoms with van der Waals surface area (Å²) in [5.41, 5.74) is 0. The zero-order valence-corrected chi connectivity index (χ0v) is 15.1. The van der Waals surface area contributed by atoms with Crippen LogP contribution < -0.4 is 0 Å². The van der Waals surface area contributed by atoms with Crippen LogP contribution in [-0.2, 0) is 29.1 Å². The van der Waals surface area contributed by atoms with Crippen LogP contribution in [0.25, 0.3) is 0 Å².